The third-order valence-corrected chi connectivity index (χ3v) is 3.66. The molecule has 1 aliphatic rings. The first-order valence-electron chi connectivity index (χ1n) is 6.99. The van der Waals surface area contributed by atoms with Crippen molar-refractivity contribution in [2.45, 2.75) is 19.3 Å². The van der Waals surface area contributed by atoms with Gasteiger partial charge in [-0.3, -0.25) is 14.5 Å². The van der Waals surface area contributed by atoms with Crippen LogP contribution in [0.3, 0.4) is 0 Å². The van der Waals surface area contributed by atoms with Crippen LogP contribution in [0, 0.1) is 0 Å². The van der Waals surface area contributed by atoms with E-state index in [0.29, 0.717) is 5.56 Å². The van der Waals surface area contributed by atoms with Crippen LogP contribution < -0.4 is 0 Å². The van der Waals surface area contributed by atoms with Crippen LogP contribution in [0.15, 0.2) is 30.7 Å². The van der Waals surface area contributed by atoms with Crippen molar-refractivity contribution in [3.05, 3.63) is 36.3 Å². The van der Waals surface area contributed by atoms with E-state index in [1.54, 1.807) is 17.1 Å². The summed E-state index contributed by atoms with van der Waals surface area (Å²) in [5.74, 6) is 0.0802. The number of nitrogens with zero attached hydrogens (tertiary/aromatic N) is 4. The topological polar surface area (TPSA) is 51.0 Å². The average molecular weight is 270 g/mol. The smallest absolute Gasteiger partial charge is 0.256 e. The highest BCUT2D eigenvalue weighted by Gasteiger charge is 2.22. The van der Waals surface area contributed by atoms with E-state index in [1.165, 1.54) is 6.42 Å². The Labute approximate surface area is 118 Å². The molecule has 0 bridgehead atoms. The fraction of sp³-hybridized carbons (Fsp3) is 0.400. The molecule has 2 aromatic rings. The van der Waals surface area contributed by atoms with Crippen LogP contribution in [0.1, 0.15) is 29.6 Å². The molecule has 0 aromatic carbocycles. The van der Waals surface area contributed by atoms with E-state index >= 15 is 0 Å². The van der Waals surface area contributed by atoms with Crippen molar-refractivity contribution < 1.29 is 4.79 Å². The number of amides is 1. The van der Waals surface area contributed by atoms with Gasteiger partial charge >= 0.3 is 0 Å². The molecule has 0 spiro atoms. The molecule has 5 nitrogen and oxygen atoms in total. The first kappa shape index (κ1) is 12.8. The van der Waals surface area contributed by atoms with Crippen LogP contribution in [-0.2, 0) is 7.05 Å². The fourth-order valence-corrected chi connectivity index (χ4v) is 2.62. The third kappa shape index (κ3) is 2.43. The lowest BCUT2D eigenvalue weighted by Crippen LogP contribution is -2.35. The number of carbonyl (C=O) groups excluding carboxylic acids is 1. The van der Waals surface area contributed by atoms with Crippen molar-refractivity contribution in [1.29, 1.82) is 0 Å². The van der Waals surface area contributed by atoms with Gasteiger partial charge in [-0.05, 0) is 31.4 Å². The summed E-state index contributed by atoms with van der Waals surface area (Å²) in [5.41, 5.74) is 2.27. The summed E-state index contributed by atoms with van der Waals surface area (Å²) in [6, 6.07) is 3.67. The molecule has 104 valence electrons. The van der Waals surface area contributed by atoms with Gasteiger partial charge in [-0.1, -0.05) is 0 Å². The number of aromatic nitrogens is 3. The summed E-state index contributed by atoms with van der Waals surface area (Å²) in [4.78, 5) is 19.0. The van der Waals surface area contributed by atoms with Gasteiger partial charge in [-0.2, -0.15) is 5.10 Å². The maximum atomic E-state index is 12.7. The van der Waals surface area contributed by atoms with Gasteiger partial charge in [0.05, 0.1) is 17.5 Å². The number of rotatable bonds is 2. The Balaban J connectivity index is 1.95. The van der Waals surface area contributed by atoms with Gasteiger partial charge in [0, 0.05) is 38.1 Å². The quantitative estimate of drug-likeness (QED) is 0.839. The van der Waals surface area contributed by atoms with Gasteiger partial charge in [0.15, 0.2) is 0 Å². The molecular formula is C15H18N4O. The highest BCUT2D eigenvalue weighted by molar-refractivity contribution is 5.99. The summed E-state index contributed by atoms with van der Waals surface area (Å²) in [6.07, 6.45) is 8.74. The molecule has 0 N–H and O–H groups in total. The Kier molecular flexibility index (Phi) is 3.50. The zero-order chi connectivity index (χ0) is 13.9. The maximum Gasteiger partial charge on any atom is 0.256 e. The van der Waals surface area contributed by atoms with Crippen molar-refractivity contribution in [1.82, 2.24) is 19.7 Å². The van der Waals surface area contributed by atoms with Gasteiger partial charge in [0.1, 0.15) is 0 Å². The van der Waals surface area contributed by atoms with E-state index in [0.717, 1.165) is 37.2 Å². The lowest BCUT2D eigenvalue weighted by Gasteiger charge is -2.27. The van der Waals surface area contributed by atoms with E-state index in [2.05, 4.69) is 10.1 Å². The molecule has 1 saturated heterocycles. The Morgan fingerprint density at radius 1 is 1.25 bits per heavy atom. The second kappa shape index (κ2) is 5.45. The molecule has 0 atom stereocenters. The Hall–Kier alpha value is -2.17. The van der Waals surface area contributed by atoms with Crippen LogP contribution in [0.25, 0.3) is 11.3 Å². The van der Waals surface area contributed by atoms with Gasteiger partial charge in [-0.25, -0.2) is 0 Å². The second-order valence-electron chi connectivity index (χ2n) is 5.16. The van der Waals surface area contributed by atoms with Crippen LogP contribution in [0.2, 0.25) is 0 Å². The standard InChI is InChI=1S/C15H18N4O/c1-18-11-12(10-17-18)14-13(6-5-7-16-14)15(20)19-8-3-2-4-9-19/h5-7,10-11H,2-4,8-9H2,1H3. The summed E-state index contributed by atoms with van der Waals surface area (Å²) in [6.45, 7) is 1.69. The molecule has 1 amide bonds. The lowest BCUT2D eigenvalue weighted by atomic mass is 10.1. The van der Waals surface area contributed by atoms with Gasteiger partial charge < -0.3 is 4.90 Å². The monoisotopic (exact) mass is 270 g/mol. The Morgan fingerprint density at radius 2 is 2.05 bits per heavy atom. The Bertz CT molecular complexity index is 614. The van der Waals surface area contributed by atoms with Crippen LogP contribution in [-0.4, -0.2) is 38.7 Å². The molecule has 0 saturated carbocycles. The molecule has 20 heavy (non-hydrogen) atoms. The predicted octanol–water partition coefficient (Wildman–Crippen LogP) is 2.11. The van der Waals surface area contributed by atoms with Crippen molar-refractivity contribution in [2.24, 2.45) is 7.05 Å². The van der Waals surface area contributed by atoms with Gasteiger partial charge in [0.2, 0.25) is 0 Å². The lowest BCUT2D eigenvalue weighted by molar-refractivity contribution is 0.0725. The zero-order valence-electron chi connectivity index (χ0n) is 11.6. The molecule has 1 aliphatic heterocycles. The predicted molar refractivity (Wildman–Crippen MR) is 76.2 cm³/mol. The summed E-state index contributed by atoms with van der Waals surface area (Å²) in [7, 11) is 1.86. The SMILES string of the molecule is Cn1cc(-c2ncccc2C(=O)N2CCCCC2)cn1. The number of carbonyl (C=O) groups is 1. The number of aryl methyl sites for hydroxylation is 1. The first-order chi connectivity index (χ1) is 9.75. The molecule has 1 fully saturated rings. The fourth-order valence-electron chi connectivity index (χ4n) is 2.62. The van der Waals surface area contributed by atoms with E-state index < -0.39 is 0 Å². The van der Waals surface area contributed by atoms with Crippen molar-refractivity contribution in [2.75, 3.05) is 13.1 Å². The van der Waals surface area contributed by atoms with Crippen LogP contribution >= 0.6 is 0 Å². The number of hydrogen-bond donors (Lipinski definition) is 0. The maximum absolute atomic E-state index is 12.7. The molecule has 3 heterocycles. The summed E-state index contributed by atoms with van der Waals surface area (Å²) >= 11 is 0. The first-order valence-corrected chi connectivity index (χ1v) is 6.99. The molecule has 0 unspecified atom stereocenters. The van der Waals surface area contributed by atoms with E-state index in [1.807, 2.05) is 30.3 Å². The number of pyridine rings is 1. The molecule has 0 radical (unpaired) electrons. The third-order valence-electron chi connectivity index (χ3n) is 3.66. The molecule has 3 rings (SSSR count). The molecule has 5 heteroatoms. The second-order valence-corrected chi connectivity index (χ2v) is 5.16. The molecular weight excluding hydrogens is 252 g/mol. The highest BCUT2D eigenvalue weighted by Crippen LogP contribution is 2.23. The number of likely N-dealkylation sites (tertiary alicyclic amines) is 1. The van der Waals surface area contributed by atoms with E-state index in [-0.39, 0.29) is 5.91 Å². The number of piperidine rings is 1. The summed E-state index contributed by atoms with van der Waals surface area (Å²) in [5, 5.41) is 4.16. The summed E-state index contributed by atoms with van der Waals surface area (Å²) < 4.78 is 1.72. The normalized spacial score (nSPS) is 15.3. The van der Waals surface area contributed by atoms with Crippen LogP contribution in [0.5, 0.6) is 0 Å². The molecule has 2 aromatic heterocycles. The van der Waals surface area contributed by atoms with Crippen LogP contribution in [0.4, 0.5) is 0 Å². The van der Waals surface area contributed by atoms with Crippen molar-refractivity contribution in [3.8, 4) is 11.3 Å². The minimum absolute atomic E-state index is 0.0802. The number of hydrogen-bond acceptors (Lipinski definition) is 3. The zero-order valence-corrected chi connectivity index (χ0v) is 11.6. The Morgan fingerprint density at radius 3 is 2.75 bits per heavy atom. The minimum Gasteiger partial charge on any atom is -0.339 e. The van der Waals surface area contributed by atoms with E-state index in [9.17, 15) is 4.79 Å². The minimum atomic E-state index is 0.0802. The van der Waals surface area contributed by atoms with Crippen molar-refractivity contribution in [3.63, 3.8) is 0 Å². The average Bonchev–Trinajstić information content (AvgIpc) is 2.94. The van der Waals surface area contributed by atoms with Gasteiger partial charge in [0.25, 0.3) is 5.91 Å². The van der Waals surface area contributed by atoms with E-state index in [4.69, 9.17) is 0 Å². The van der Waals surface area contributed by atoms with Crippen molar-refractivity contribution >= 4 is 5.91 Å². The highest BCUT2D eigenvalue weighted by atomic mass is 16.2. The largest absolute Gasteiger partial charge is 0.339 e. The molecule has 0 aliphatic carbocycles. The van der Waals surface area contributed by atoms with Gasteiger partial charge in [-0.15, -0.1) is 0 Å².